The van der Waals surface area contributed by atoms with E-state index >= 15 is 0 Å². The van der Waals surface area contributed by atoms with E-state index in [1.54, 1.807) is 24.3 Å². The number of carbonyl (C=O) groups is 2. The van der Waals surface area contributed by atoms with Gasteiger partial charge in [0, 0.05) is 12.1 Å². The third-order valence-electron chi connectivity index (χ3n) is 3.56. The zero-order chi connectivity index (χ0) is 16.1. The van der Waals surface area contributed by atoms with Gasteiger partial charge in [-0.05, 0) is 36.6 Å². The van der Waals surface area contributed by atoms with Gasteiger partial charge in [0.1, 0.15) is 0 Å². The summed E-state index contributed by atoms with van der Waals surface area (Å²) in [5.74, 6) is -2.14. The third-order valence-corrected chi connectivity index (χ3v) is 3.56. The highest BCUT2D eigenvalue weighted by Crippen LogP contribution is 2.22. The maximum Gasteiger partial charge on any atom is 0.311 e. The monoisotopic (exact) mass is 297 g/mol. The molecule has 1 atom stereocenters. The smallest absolute Gasteiger partial charge is 0.311 e. The number of carboxylic acid groups (broad SMARTS) is 1. The zero-order valence-corrected chi connectivity index (χ0v) is 12.7. The summed E-state index contributed by atoms with van der Waals surface area (Å²) in [4.78, 5) is 23.6. The number of hydrogen-bond acceptors (Lipinski definition) is 2. The number of rotatable bonds is 5. The lowest BCUT2D eigenvalue weighted by Crippen LogP contribution is -2.21. The lowest BCUT2D eigenvalue weighted by molar-refractivity contribution is -0.140. The van der Waals surface area contributed by atoms with Crippen molar-refractivity contribution in [1.82, 2.24) is 0 Å². The fraction of sp³-hybridized carbons (Fsp3) is 0.222. The standard InChI is InChI=1S/C18H19NO3/c1-12-8-9-13(2)16(10-12)19-17(20)11-15(18(21)22)14-6-4-3-5-7-14/h3-10,15H,11H2,1-2H3,(H,19,20)(H,21,22). The van der Waals surface area contributed by atoms with Crippen LogP contribution >= 0.6 is 0 Å². The Morgan fingerprint density at radius 3 is 2.41 bits per heavy atom. The summed E-state index contributed by atoms with van der Waals surface area (Å²) < 4.78 is 0. The third kappa shape index (κ3) is 3.95. The summed E-state index contributed by atoms with van der Waals surface area (Å²) in [6, 6.07) is 14.6. The van der Waals surface area contributed by atoms with Crippen molar-refractivity contribution in [1.29, 1.82) is 0 Å². The molecule has 0 saturated heterocycles. The summed E-state index contributed by atoms with van der Waals surface area (Å²) in [5.41, 5.74) is 3.34. The van der Waals surface area contributed by atoms with Gasteiger partial charge >= 0.3 is 5.97 Å². The van der Waals surface area contributed by atoms with E-state index in [-0.39, 0.29) is 12.3 Å². The predicted octanol–water partition coefficient (Wildman–Crippen LogP) is 3.50. The summed E-state index contributed by atoms with van der Waals surface area (Å²) in [7, 11) is 0. The zero-order valence-electron chi connectivity index (χ0n) is 12.7. The van der Waals surface area contributed by atoms with Crippen molar-refractivity contribution < 1.29 is 14.7 Å². The van der Waals surface area contributed by atoms with Crippen LogP contribution in [0, 0.1) is 13.8 Å². The molecule has 0 aliphatic heterocycles. The van der Waals surface area contributed by atoms with Crippen molar-refractivity contribution in [2.45, 2.75) is 26.2 Å². The molecule has 0 saturated carbocycles. The highest BCUT2D eigenvalue weighted by molar-refractivity contribution is 5.95. The molecule has 0 radical (unpaired) electrons. The number of nitrogens with one attached hydrogen (secondary N) is 1. The Bertz CT molecular complexity index is 680. The van der Waals surface area contributed by atoms with Crippen LogP contribution in [-0.4, -0.2) is 17.0 Å². The first-order valence-corrected chi connectivity index (χ1v) is 7.12. The van der Waals surface area contributed by atoms with Crippen molar-refractivity contribution in [3.8, 4) is 0 Å². The van der Waals surface area contributed by atoms with E-state index in [0.717, 1.165) is 16.8 Å². The van der Waals surface area contributed by atoms with Crippen molar-refractivity contribution in [3.05, 3.63) is 65.2 Å². The van der Waals surface area contributed by atoms with E-state index in [1.807, 2.05) is 38.1 Å². The molecule has 0 bridgehead atoms. The van der Waals surface area contributed by atoms with E-state index in [2.05, 4.69) is 5.32 Å². The van der Waals surface area contributed by atoms with Gasteiger partial charge in [0.15, 0.2) is 0 Å². The van der Waals surface area contributed by atoms with Gasteiger partial charge in [-0.2, -0.15) is 0 Å². The van der Waals surface area contributed by atoms with Gasteiger partial charge in [-0.3, -0.25) is 9.59 Å². The number of benzene rings is 2. The van der Waals surface area contributed by atoms with Crippen LogP contribution in [0.2, 0.25) is 0 Å². The Morgan fingerprint density at radius 2 is 1.77 bits per heavy atom. The Balaban J connectivity index is 2.12. The number of aliphatic carboxylic acids is 1. The molecular formula is C18H19NO3. The molecule has 22 heavy (non-hydrogen) atoms. The van der Waals surface area contributed by atoms with Crippen LogP contribution in [0.25, 0.3) is 0 Å². The number of carbonyl (C=O) groups excluding carboxylic acids is 1. The molecule has 1 unspecified atom stereocenters. The Labute approximate surface area is 129 Å². The van der Waals surface area contributed by atoms with Crippen molar-refractivity contribution in [3.63, 3.8) is 0 Å². The van der Waals surface area contributed by atoms with E-state index in [9.17, 15) is 14.7 Å². The Kier molecular flexibility index (Phi) is 4.94. The first-order valence-electron chi connectivity index (χ1n) is 7.12. The second-order valence-corrected chi connectivity index (χ2v) is 5.37. The largest absolute Gasteiger partial charge is 0.481 e. The van der Waals surface area contributed by atoms with Crippen LogP contribution in [0.15, 0.2) is 48.5 Å². The van der Waals surface area contributed by atoms with Gasteiger partial charge in [-0.25, -0.2) is 0 Å². The van der Waals surface area contributed by atoms with Crippen LogP contribution in [0.4, 0.5) is 5.69 Å². The Hall–Kier alpha value is -2.62. The predicted molar refractivity (Wildman–Crippen MR) is 86.0 cm³/mol. The number of hydrogen-bond donors (Lipinski definition) is 2. The number of amides is 1. The van der Waals surface area contributed by atoms with Gasteiger partial charge in [0.25, 0.3) is 0 Å². The summed E-state index contributed by atoms with van der Waals surface area (Å²) >= 11 is 0. The summed E-state index contributed by atoms with van der Waals surface area (Å²) in [6.07, 6.45) is -0.0905. The quantitative estimate of drug-likeness (QED) is 0.887. The molecule has 0 aliphatic carbocycles. The highest BCUT2D eigenvalue weighted by Gasteiger charge is 2.23. The molecule has 0 heterocycles. The van der Waals surface area contributed by atoms with Gasteiger partial charge < -0.3 is 10.4 Å². The molecule has 1 amide bonds. The average Bonchev–Trinajstić information content (AvgIpc) is 2.49. The second kappa shape index (κ2) is 6.89. The molecule has 2 rings (SSSR count). The van der Waals surface area contributed by atoms with E-state index in [0.29, 0.717) is 5.56 Å². The number of aryl methyl sites for hydroxylation is 2. The van der Waals surface area contributed by atoms with Gasteiger partial charge in [0.05, 0.1) is 5.92 Å². The van der Waals surface area contributed by atoms with Crippen LogP contribution < -0.4 is 5.32 Å². The normalized spacial score (nSPS) is 11.7. The SMILES string of the molecule is Cc1ccc(C)c(NC(=O)CC(C(=O)O)c2ccccc2)c1. The molecular weight excluding hydrogens is 278 g/mol. The maximum absolute atomic E-state index is 12.2. The summed E-state index contributed by atoms with van der Waals surface area (Å²) in [5, 5.41) is 12.2. The average molecular weight is 297 g/mol. The van der Waals surface area contributed by atoms with Crippen molar-refractivity contribution in [2.75, 3.05) is 5.32 Å². The van der Waals surface area contributed by atoms with Gasteiger partial charge in [-0.1, -0.05) is 42.5 Å². The number of anilines is 1. The molecule has 4 heteroatoms. The topological polar surface area (TPSA) is 66.4 Å². The lowest BCUT2D eigenvalue weighted by Gasteiger charge is -2.14. The molecule has 0 aliphatic rings. The van der Waals surface area contributed by atoms with Crippen molar-refractivity contribution in [2.24, 2.45) is 0 Å². The molecule has 2 aromatic rings. The second-order valence-electron chi connectivity index (χ2n) is 5.37. The molecule has 4 nitrogen and oxygen atoms in total. The molecule has 0 spiro atoms. The summed E-state index contributed by atoms with van der Waals surface area (Å²) in [6.45, 7) is 3.85. The molecule has 2 aromatic carbocycles. The Morgan fingerprint density at radius 1 is 1.09 bits per heavy atom. The van der Waals surface area contributed by atoms with E-state index in [4.69, 9.17) is 0 Å². The minimum atomic E-state index is -0.998. The van der Waals surface area contributed by atoms with Gasteiger partial charge in [0.2, 0.25) is 5.91 Å². The first-order chi connectivity index (χ1) is 10.5. The molecule has 2 N–H and O–H groups in total. The van der Waals surface area contributed by atoms with E-state index in [1.165, 1.54) is 0 Å². The number of carboxylic acids is 1. The van der Waals surface area contributed by atoms with Crippen LogP contribution in [-0.2, 0) is 9.59 Å². The minimum Gasteiger partial charge on any atom is -0.481 e. The van der Waals surface area contributed by atoms with Gasteiger partial charge in [-0.15, -0.1) is 0 Å². The fourth-order valence-corrected chi connectivity index (χ4v) is 2.29. The van der Waals surface area contributed by atoms with Crippen LogP contribution in [0.3, 0.4) is 0 Å². The fourth-order valence-electron chi connectivity index (χ4n) is 2.29. The molecule has 0 aromatic heterocycles. The van der Waals surface area contributed by atoms with Crippen LogP contribution in [0.1, 0.15) is 29.0 Å². The lowest BCUT2D eigenvalue weighted by atomic mass is 9.95. The van der Waals surface area contributed by atoms with Crippen molar-refractivity contribution >= 4 is 17.6 Å². The first kappa shape index (κ1) is 15.8. The van der Waals surface area contributed by atoms with E-state index < -0.39 is 11.9 Å². The maximum atomic E-state index is 12.2. The molecule has 114 valence electrons. The minimum absolute atomic E-state index is 0.0905. The van der Waals surface area contributed by atoms with Crippen LogP contribution in [0.5, 0.6) is 0 Å². The highest BCUT2D eigenvalue weighted by atomic mass is 16.4. The molecule has 0 fully saturated rings.